The molecule has 1 atom stereocenters. The SMILES string of the molecule is CCC(CC=O)NC(C)(C)C. The van der Waals surface area contributed by atoms with Crippen LogP contribution in [-0.4, -0.2) is 17.9 Å². The van der Waals surface area contributed by atoms with Gasteiger partial charge in [-0.05, 0) is 27.2 Å². The fourth-order valence-electron chi connectivity index (χ4n) is 1.06. The molecule has 0 aliphatic carbocycles. The standard InChI is InChI=1S/C9H19NO/c1-5-8(6-7-11)10-9(2,3)4/h7-8,10H,5-6H2,1-4H3. The highest BCUT2D eigenvalue weighted by molar-refractivity contribution is 5.50. The lowest BCUT2D eigenvalue weighted by molar-refractivity contribution is -0.108. The molecular formula is C9H19NO. The largest absolute Gasteiger partial charge is 0.309 e. The maximum atomic E-state index is 10.2. The van der Waals surface area contributed by atoms with Gasteiger partial charge in [-0.25, -0.2) is 0 Å². The van der Waals surface area contributed by atoms with E-state index in [0.29, 0.717) is 12.5 Å². The summed E-state index contributed by atoms with van der Waals surface area (Å²) >= 11 is 0. The summed E-state index contributed by atoms with van der Waals surface area (Å²) in [5, 5.41) is 3.38. The van der Waals surface area contributed by atoms with Gasteiger partial charge in [-0.2, -0.15) is 0 Å². The molecule has 0 bridgehead atoms. The van der Waals surface area contributed by atoms with Gasteiger partial charge in [0.1, 0.15) is 6.29 Å². The molecule has 0 aromatic heterocycles. The van der Waals surface area contributed by atoms with Gasteiger partial charge >= 0.3 is 0 Å². The van der Waals surface area contributed by atoms with Crippen LogP contribution in [0.1, 0.15) is 40.5 Å². The molecule has 1 unspecified atom stereocenters. The maximum Gasteiger partial charge on any atom is 0.121 e. The van der Waals surface area contributed by atoms with Crippen molar-refractivity contribution in [1.29, 1.82) is 0 Å². The first-order chi connectivity index (χ1) is 4.99. The van der Waals surface area contributed by atoms with Gasteiger partial charge in [0.2, 0.25) is 0 Å². The third-order valence-electron chi connectivity index (χ3n) is 1.51. The van der Waals surface area contributed by atoms with E-state index in [2.05, 4.69) is 33.0 Å². The monoisotopic (exact) mass is 157 g/mol. The first kappa shape index (κ1) is 10.6. The summed E-state index contributed by atoms with van der Waals surface area (Å²) < 4.78 is 0. The minimum Gasteiger partial charge on any atom is -0.309 e. The Bertz CT molecular complexity index is 115. The second-order valence-electron chi connectivity index (χ2n) is 3.90. The summed E-state index contributed by atoms with van der Waals surface area (Å²) in [5.74, 6) is 0. The van der Waals surface area contributed by atoms with Gasteiger partial charge < -0.3 is 10.1 Å². The van der Waals surface area contributed by atoms with Crippen LogP contribution in [0.4, 0.5) is 0 Å². The second kappa shape index (κ2) is 4.50. The lowest BCUT2D eigenvalue weighted by Gasteiger charge is -2.26. The Labute approximate surface area is 69.4 Å². The molecule has 2 nitrogen and oxygen atoms in total. The van der Waals surface area contributed by atoms with Crippen LogP contribution in [-0.2, 0) is 4.79 Å². The van der Waals surface area contributed by atoms with Crippen molar-refractivity contribution in [3.05, 3.63) is 0 Å². The minimum absolute atomic E-state index is 0.115. The van der Waals surface area contributed by atoms with Crippen LogP contribution in [0.15, 0.2) is 0 Å². The topological polar surface area (TPSA) is 29.1 Å². The Morgan fingerprint density at radius 2 is 2.00 bits per heavy atom. The number of nitrogens with one attached hydrogen (secondary N) is 1. The highest BCUT2D eigenvalue weighted by Crippen LogP contribution is 2.05. The van der Waals surface area contributed by atoms with Crippen molar-refractivity contribution in [2.75, 3.05) is 0 Å². The van der Waals surface area contributed by atoms with E-state index in [0.717, 1.165) is 12.7 Å². The summed E-state index contributed by atoms with van der Waals surface area (Å²) in [5.41, 5.74) is 0.115. The molecule has 0 aromatic rings. The van der Waals surface area contributed by atoms with Crippen molar-refractivity contribution in [2.45, 2.75) is 52.1 Å². The molecule has 66 valence electrons. The lowest BCUT2D eigenvalue weighted by Crippen LogP contribution is -2.43. The van der Waals surface area contributed by atoms with E-state index in [1.807, 2.05) is 0 Å². The van der Waals surface area contributed by atoms with Gasteiger partial charge in [-0.15, -0.1) is 0 Å². The van der Waals surface area contributed by atoms with Crippen LogP contribution in [0.2, 0.25) is 0 Å². The van der Waals surface area contributed by atoms with E-state index < -0.39 is 0 Å². The van der Waals surface area contributed by atoms with Crippen LogP contribution >= 0.6 is 0 Å². The van der Waals surface area contributed by atoms with Crippen molar-refractivity contribution >= 4 is 6.29 Å². The first-order valence-corrected chi connectivity index (χ1v) is 4.21. The molecule has 0 amide bonds. The van der Waals surface area contributed by atoms with Crippen LogP contribution in [0.3, 0.4) is 0 Å². The Morgan fingerprint density at radius 3 is 2.27 bits per heavy atom. The van der Waals surface area contributed by atoms with Crippen LogP contribution in [0.5, 0.6) is 0 Å². The Hall–Kier alpha value is -0.370. The zero-order valence-electron chi connectivity index (χ0n) is 7.98. The van der Waals surface area contributed by atoms with E-state index in [1.165, 1.54) is 0 Å². The predicted molar refractivity (Wildman–Crippen MR) is 47.6 cm³/mol. The summed E-state index contributed by atoms with van der Waals surface area (Å²) in [6, 6.07) is 0.340. The maximum absolute atomic E-state index is 10.2. The molecular weight excluding hydrogens is 138 g/mol. The Balaban J connectivity index is 3.77. The van der Waals surface area contributed by atoms with E-state index in [4.69, 9.17) is 0 Å². The fraction of sp³-hybridized carbons (Fsp3) is 0.889. The number of rotatable bonds is 4. The normalized spacial score (nSPS) is 14.5. The van der Waals surface area contributed by atoms with E-state index in [-0.39, 0.29) is 5.54 Å². The smallest absolute Gasteiger partial charge is 0.121 e. The van der Waals surface area contributed by atoms with Crippen molar-refractivity contribution in [2.24, 2.45) is 0 Å². The molecule has 0 aliphatic heterocycles. The highest BCUT2D eigenvalue weighted by atomic mass is 16.1. The third-order valence-corrected chi connectivity index (χ3v) is 1.51. The van der Waals surface area contributed by atoms with Gasteiger partial charge in [-0.1, -0.05) is 6.92 Å². The van der Waals surface area contributed by atoms with E-state index in [1.54, 1.807) is 0 Å². The van der Waals surface area contributed by atoms with Gasteiger partial charge in [0.25, 0.3) is 0 Å². The highest BCUT2D eigenvalue weighted by Gasteiger charge is 2.14. The average molecular weight is 157 g/mol. The van der Waals surface area contributed by atoms with Gasteiger partial charge in [0.05, 0.1) is 0 Å². The van der Waals surface area contributed by atoms with E-state index >= 15 is 0 Å². The van der Waals surface area contributed by atoms with Crippen LogP contribution < -0.4 is 5.32 Å². The van der Waals surface area contributed by atoms with Crippen molar-refractivity contribution < 1.29 is 4.79 Å². The van der Waals surface area contributed by atoms with Crippen LogP contribution in [0, 0.1) is 0 Å². The van der Waals surface area contributed by atoms with Crippen molar-refractivity contribution in [1.82, 2.24) is 5.32 Å². The molecule has 0 fully saturated rings. The Kier molecular flexibility index (Phi) is 4.34. The van der Waals surface area contributed by atoms with Gasteiger partial charge in [0.15, 0.2) is 0 Å². The molecule has 0 saturated carbocycles. The zero-order valence-corrected chi connectivity index (χ0v) is 7.98. The molecule has 0 spiro atoms. The summed E-state index contributed by atoms with van der Waals surface area (Å²) in [6.45, 7) is 8.42. The van der Waals surface area contributed by atoms with E-state index in [9.17, 15) is 4.79 Å². The molecule has 0 aromatic carbocycles. The molecule has 0 radical (unpaired) electrons. The zero-order chi connectivity index (χ0) is 8.91. The van der Waals surface area contributed by atoms with Crippen molar-refractivity contribution in [3.8, 4) is 0 Å². The number of carbonyl (C=O) groups excluding carboxylic acids is 1. The second-order valence-corrected chi connectivity index (χ2v) is 3.90. The molecule has 0 rings (SSSR count). The van der Waals surface area contributed by atoms with Gasteiger partial charge in [0, 0.05) is 18.0 Å². The summed E-state index contributed by atoms with van der Waals surface area (Å²) in [6.07, 6.45) is 2.61. The fourth-order valence-corrected chi connectivity index (χ4v) is 1.06. The quantitative estimate of drug-likeness (QED) is 0.630. The molecule has 0 heterocycles. The average Bonchev–Trinajstić information content (AvgIpc) is 1.84. The predicted octanol–water partition coefficient (Wildman–Crippen LogP) is 1.74. The number of hydrogen-bond acceptors (Lipinski definition) is 2. The van der Waals surface area contributed by atoms with Crippen LogP contribution in [0.25, 0.3) is 0 Å². The van der Waals surface area contributed by atoms with Crippen molar-refractivity contribution in [3.63, 3.8) is 0 Å². The molecule has 1 N–H and O–H groups in total. The first-order valence-electron chi connectivity index (χ1n) is 4.21. The third kappa shape index (κ3) is 6.05. The summed E-state index contributed by atoms with van der Waals surface area (Å²) in [4.78, 5) is 10.2. The number of hydrogen-bond donors (Lipinski definition) is 1. The minimum atomic E-state index is 0.115. The summed E-state index contributed by atoms with van der Waals surface area (Å²) in [7, 11) is 0. The number of aldehydes is 1. The molecule has 11 heavy (non-hydrogen) atoms. The van der Waals surface area contributed by atoms with Gasteiger partial charge in [-0.3, -0.25) is 0 Å². The number of carbonyl (C=O) groups is 1. The molecule has 0 aliphatic rings. The molecule has 0 saturated heterocycles. The Morgan fingerprint density at radius 1 is 1.45 bits per heavy atom. The lowest BCUT2D eigenvalue weighted by atomic mass is 10.0. The molecule has 2 heteroatoms.